The maximum atomic E-state index is 12.5. The van der Waals surface area contributed by atoms with Gasteiger partial charge in [0, 0.05) is 11.3 Å². The summed E-state index contributed by atoms with van der Waals surface area (Å²) in [7, 11) is 0. The van der Waals surface area contributed by atoms with Crippen molar-refractivity contribution in [2.24, 2.45) is 0 Å². The Bertz CT molecular complexity index is 884. The van der Waals surface area contributed by atoms with Crippen LogP contribution in [0, 0.1) is 20.8 Å². The number of rotatable bonds is 8. The quantitative estimate of drug-likeness (QED) is 0.604. The second kappa shape index (κ2) is 9.68. The number of nitrogens with one attached hydrogen (secondary N) is 1. The summed E-state index contributed by atoms with van der Waals surface area (Å²) in [6.07, 6.45) is 0. The highest BCUT2D eigenvalue weighted by atomic mass is 32.2. The van der Waals surface area contributed by atoms with Gasteiger partial charge in [-0.2, -0.15) is 8.78 Å². The molecule has 2 aromatic carbocycles. The number of carbonyl (C=O) groups excluding carboxylic acids is 2. The van der Waals surface area contributed by atoms with Crippen molar-refractivity contribution in [1.82, 2.24) is 0 Å². The Hall–Kier alpha value is -2.41. The lowest BCUT2D eigenvalue weighted by atomic mass is 9.92. The van der Waals surface area contributed by atoms with E-state index in [0.29, 0.717) is 5.75 Å². The maximum Gasteiger partial charge on any atom is 0.387 e. The number of thioether (sulfide) groups is 1. The summed E-state index contributed by atoms with van der Waals surface area (Å²) < 4.78 is 29.3. The molecule has 150 valence electrons. The van der Waals surface area contributed by atoms with Crippen LogP contribution in [0.4, 0.5) is 14.5 Å². The Morgan fingerprint density at radius 3 is 2.46 bits per heavy atom. The van der Waals surface area contributed by atoms with Crippen LogP contribution in [0.3, 0.4) is 0 Å². The third-order valence-corrected chi connectivity index (χ3v) is 5.30. The first-order valence-electron chi connectivity index (χ1n) is 8.72. The number of ether oxygens (including phenoxy) is 1. The van der Waals surface area contributed by atoms with E-state index in [1.54, 1.807) is 19.1 Å². The van der Waals surface area contributed by atoms with Crippen molar-refractivity contribution in [3.8, 4) is 5.75 Å². The number of hydrogen-bond acceptors (Lipinski definition) is 4. The van der Waals surface area contributed by atoms with Gasteiger partial charge in [-0.25, -0.2) is 0 Å². The molecule has 0 aliphatic heterocycles. The van der Waals surface area contributed by atoms with E-state index < -0.39 is 6.61 Å². The van der Waals surface area contributed by atoms with Gasteiger partial charge in [0.1, 0.15) is 5.75 Å². The Morgan fingerprint density at radius 2 is 1.82 bits per heavy atom. The lowest BCUT2D eigenvalue weighted by Crippen LogP contribution is -2.16. The molecule has 0 unspecified atom stereocenters. The smallest absolute Gasteiger partial charge is 0.387 e. The SMILES string of the molecule is CC(=O)c1c(C)cc(C)c(CSCC(=O)Nc2ccccc2OC(F)F)c1C. The van der Waals surface area contributed by atoms with E-state index in [4.69, 9.17) is 0 Å². The first kappa shape index (κ1) is 21.9. The highest BCUT2D eigenvalue weighted by Gasteiger charge is 2.15. The fourth-order valence-electron chi connectivity index (χ4n) is 3.19. The van der Waals surface area contributed by atoms with Gasteiger partial charge in [-0.3, -0.25) is 9.59 Å². The van der Waals surface area contributed by atoms with Crippen molar-refractivity contribution in [2.45, 2.75) is 40.1 Å². The minimum atomic E-state index is -2.96. The largest absolute Gasteiger partial charge is 0.433 e. The molecule has 0 aromatic heterocycles. The van der Waals surface area contributed by atoms with E-state index in [9.17, 15) is 18.4 Å². The predicted octanol–water partition coefficient (Wildman–Crippen LogP) is 5.29. The molecule has 2 aromatic rings. The maximum absolute atomic E-state index is 12.5. The molecular weight excluding hydrogens is 384 g/mol. The number of amides is 1. The first-order valence-corrected chi connectivity index (χ1v) is 9.88. The Balaban J connectivity index is 2.02. The van der Waals surface area contributed by atoms with E-state index in [0.717, 1.165) is 27.8 Å². The number of anilines is 1. The summed E-state index contributed by atoms with van der Waals surface area (Å²) >= 11 is 1.40. The summed E-state index contributed by atoms with van der Waals surface area (Å²) in [6, 6.07) is 8.05. The van der Waals surface area contributed by atoms with Crippen molar-refractivity contribution < 1.29 is 23.1 Å². The molecule has 7 heteroatoms. The van der Waals surface area contributed by atoms with Gasteiger partial charge in [0.15, 0.2) is 5.78 Å². The van der Waals surface area contributed by atoms with E-state index in [-0.39, 0.29) is 28.9 Å². The molecule has 0 spiro atoms. The van der Waals surface area contributed by atoms with E-state index in [1.165, 1.54) is 23.9 Å². The number of carbonyl (C=O) groups is 2. The molecule has 28 heavy (non-hydrogen) atoms. The van der Waals surface area contributed by atoms with Gasteiger partial charge < -0.3 is 10.1 Å². The molecule has 0 aliphatic carbocycles. The molecule has 0 fully saturated rings. The average molecular weight is 407 g/mol. The average Bonchev–Trinajstić information content (AvgIpc) is 2.58. The fraction of sp³-hybridized carbons (Fsp3) is 0.333. The summed E-state index contributed by atoms with van der Waals surface area (Å²) in [6.45, 7) is 4.41. The summed E-state index contributed by atoms with van der Waals surface area (Å²) in [5, 5.41) is 2.60. The normalized spacial score (nSPS) is 10.8. The second-order valence-corrected chi connectivity index (χ2v) is 7.45. The summed E-state index contributed by atoms with van der Waals surface area (Å²) in [5.41, 5.74) is 4.93. The number of benzene rings is 2. The molecule has 0 saturated carbocycles. The number of ketones is 1. The molecule has 0 aliphatic rings. The number of halogens is 2. The Morgan fingerprint density at radius 1 is 1.14 bits per heavy atom. The van der Waals surface area contributed by atoms with Crippen LogP contribution in [-0.2, 0) is 10.5 Å². The van der Waals surface area contributed by atoms with Crippen molar-refractivity contribution in [1.29, 1.82) is 0 Å². The monoisotopic (exact) mass is 407 g/mol. The molecule has 0 bridgehead atoms. The Labute approximate surface area is 167 Å². The molecule has 0 radical (unpaired) electrons. The van der Waals surface area contributed by atoms with Gasteiger partial charge in [0.2, 0.25) is 5.91 Å². The van der Waals surface area contributed by atoms with E-state index >= 15 is 0 Å². The van der Waals surface area contributed by atoms with Crippen LogP contribution in [0.2, 0.25) is 0 Å². The molecule has 1 N–H and O–H groups in total. The van der Waals surface area contributed by atoms with Gasteiger partial charge in [0.25, 0.3) is 0 Å². The lowest BCUT2D eigenvalue weighted by molar-refractivity contribution is -0.113. The van der Waals surface area contributed by atoms with Crippen LogP contribution in [0.5, 0.6) is 5.75 Å². The second-order valence-electron chi connectivity index (χ2n) is 6.46. The lowest BCUT2D eigenvalue weighted by Gasteiger charge is -2.16. The summed E-state index contributed by atoms with van der Waals surface area (Å²) in [5.74, 6) is 0.345. The van der Waals surface area contributed by atoms with Gasteiger partial charge in [-0.1, -0.05) is 18.2 Å². The number of para-hydroxylation sites is 2. The van der Waals surface area contributed by atoms with Crippen LogP contribution in [0.15, 0.2) is 30.3 Å². The highest BCUT2D eigenvalue weighted by molar-refractivity contribution is 7.99. The topological polar surface area (TPSA) is 55.4 Å². The fourth-order valence-corrected chi connectivity index (χ4v) is 4.20. The first-order chi connectivity index (χ1) is 13.2. The van der Waals surface area contributed by atoms with Gasteiger partial charge >= 0.3 is 6.61 Å². The van der Waals surface area contributed by atoms with Crippen LogP contribution in [-0.4, -0.2) is 24.1 Å². The molecule has 2 rings (SSSR count). The van der Waals surface area contributed by atoms with Crippen LogP contribution < -0.4 is 10.1 Å². The van der Waals surface area contributed by atoms with Crippen LogP contribution >= 0.6 is 11.8 Å². The van der Waals surface area contributed by atoms with Crippen LogP contribution in [0.1, 0.15) is 39.5 Å². The zero-order valence-electron chi connectivity index (χ0n) is 16.3. The van der Waals surface area contributed by atoms with Gasteiger partial charge in [0.05, 0.1) is 11.4 Å². The zero-order chi connectivity index (χ0) is 20.8. The molecule has 4 nitrogen and oxygen atoms in total. The standard InChI is InChI=1S/C21H23F2NO3S/c1-12-9-13(2)20(15(4)25)14(3)16(12)10-28-11-19(26)24-17-7-5-6-8-18(17)27-21(22)23/h5-9,21H,10-11H2,1-4H3,(H,24,26). The molecule has 1 amide bonds. The number of aryl methyl sites for hydroxylation is 2. The summed E-state index contributed by atoms with van der Waals surface area (Å²) in [4.78, 5) is 24.1. The van der Waals surface area contributed by atoms with Crippen LogP contribution in [0.25, 0.3) is 0 Å². The number of hydrogen-bond donors (Lipinski definition) is 1. The molecule has 0 atom stereocenters. The van der Waals surface area contributed by atoms with Gasteiger partial charge in [-0.15, -0.1) is 11.8 Å². The Kier molecular flexibility index (Phi) is 7.57. The minimum Gasteiger partial charge on any atom is -0.433 e. The molecule has 0 heterocycles. The van der Waals surface area contributed by atoms with Crippen molar-refractivity contribution in [3.05, 3.63) is 58.1 Å². The number of alkyl halides is 2. The highest BCUT2D eigenvalue weighted by Crippen LogP contribution is 2.28. The van der Waals surface area contributed by atoms with Crippen molar-refractivity contribution in [2.75, 3.05) is 11.1 Å². The molecule has 0 saturated heterocycles. The van der Waals surface area contributed by atoms with E-state index in [2.05, 4.69) is 10.1 Å². The van der Waals surface area contributed by atoms with Crippen molar-refractivity contribution >= 4 is 29.1 Å². The van der Waals surface area contributed by atoms with E-state index in [1.807, 2.05) is 26.8 Å². The molecular formula is C21H23F2NO3S. The van der Waals surface area contributed by atoms with Crippen molar-refractivity contribution in [3.63, 3.8) is 0 Å². The zero-order valence-corrected chi connectivity index (χ0v) is 17.1. The third kappa shape index (κ3) is 5.55. The predicted molar refractivity (Wildman–Crippen MR) is 109 cm³/mol. The number of Topliss-reactive ketones (excluding diaryl/α,β-unsaturated/α-hetero) is 1. The minimum absolute atomic E-state index is 0.0228. The van der Waals surface area contributed by atoms with Gasteiger partial charge in [-0.05, 0) is 62.1 Å². The third-order valence-electron chi connectivity index (χ3n) is 4.34.